The molecular weight excluding hydrogens is 668 g/mol. The van der Waals surface area contributed by atoms with E-state index in [0.29, 0.717) is 53.6 Å². The molecule has 0 spiro atoms. The number of ether oxygens (including phenoxy) is 1. The van der Waals surface area contributed by atoms with Crippen molar-refractivity contribution in [3.63, 3.8) is 0 Å². The van der Waals surface area contributed by atoms with Crippen molar-refractivity contribution in [3.8, 4) is 17.3 Å². The van der Waals surface area contributed by atoms with E-state index in [4.69, 9.17) is 14.7 Å². The minimum Gasteiger partial charge on any atom is -0.481 e. The standard InChI is InChI=1S/C35H35F6N5O4/c1-3-45(18-23-6-4-21(5-7-23)12-30(47)48)32-29(44-28(17-43-32)24-10-8-22(16-42)9-11-24)19-46-20(2)31(50-33(46)49)25-13-26(34(36,37)38)15-27(14-25)35(39,40)41/h8-11,13-15,17,20-21,23,31H,3-7,12,18-19H2,1-2H3,(H,47,48). The molecule has 2 atom stereocenters. The Balaban J connectivity index is 1.47. The minimum atomic E-state index is -5.07. The van der Waals surface area contributed by atoms with E-state index >= 15 is 0 Å². The minimum absolute atomic E-state index is 0.0250. The smallest absolute Gasteiger partial charge is 0.416 e. The first-order chi connectivity index (χ1) is 23.6. The van der Waals surface area contributed by atoms with Gasteiger partial charge in [-0.25, -0.2) is 14.8 Å². The van der Waals surface area contributed by atoms with Crippen LogP contribution in [0.3, 0.4) is 0 Å². The zero-order valence-corrected chi connectivity index (χ0v) is 27.3. The maximum absolute atomic E-state index is 13.6. The van der Waals surface area contributed by atoms with Crippen LogP contribution in [0.5, 0.6) is 0 Å². The number of amides is 1. The molecule has 1 amide bonds. The second-order valence-electron chi connectivity index (χ2n) is 12.8. The normalized spacial score (nSPS) is 21.1. The lowest BCUT2D eigenvalue weighted by atomic mass is 9.80. The number of carboxylic acid groups (broad SMARTS) is 1. The Labute approximate surface area is 284 Å². The number of carbonyl (C=O) groups excluding carboxylic acids is 1. The molecular formula is C35H35F6N5O4. The Morgan fingerprint density at radius 3 is 2.16 bits per heavy atom. The summed E-state index contributed by atoms with van der Waals surface area (Å²) >= 11 is 0. The Hall–Kier alpha value is -4.87. The van der Waals surface area contributed by atoms with Crippen LogP contribution in [0.4, 0.5) is 37.0 Å². The average molecular weight is 704 g/mol. The lowest BCUT2D eigenvalue weighted by Crippen LogP contribution is -2.36. The summed E-state index contributed by atoms with van der Waals surface area (Å²) in [4.78, 5) is 37.2. The zero-order chi connectivity index (χ0) is 36.4. The first kappa shape index (κ1) is 36.4. The molecule has 2 fully saturated rings. The molecule has 9 nitrogen and oxygen atoms in total. The number of carboxylic acids is 1. The van der Waals surface area contributed by atoms with Crippen LogP contribution >= 0.6 is 0 Å². The van der Waals surface area contributed by atoms with E-state index in [9.17, 15) is 46.3 Å². The molecule has 2 heterocycles. The topological polar surface area (TPSA) is 120 Å². The number of hydrogen-bond acceptors (Lipinski definition) is 7. The van der Waals surface area contributed by atoms with Crippen molar-refractivity contribution in [1.82, 2.24) is 14.9 Å². The molecule has 1 aliphatic carbocycles. The second kappa shape index (κ2) is 14.5. The number of cyclic esters (lactones) is 1. The highest BCUT2D eigenvalue weighted by molar-refractivity contribution is 5.72. The van der Waals surface area contributed by atoms with E-state index in [1.807, 2.05) is 17.9 Å². The molecule has 1 aliphatic heterocycles. The SMILES string of the molecule is CCN(CC1CCC(CC(=O)O)CC1)c1ncc(-c2ccc(C#N)cc2)nc1CN1C(=O)OC(c2cc(C(F)(F)F)cc(C(F)(F)F)c2)C1C. The molecule has 2 aromatic carbocycles. The number of anilines is 1. The number of alkyl halides is 6. The van der Waals surface area contributed by atoms with Crippen LogP contribution in [0.2, 0.25) is 0 Å². The molecule has 5 rings (SSSR count). The van der Waals surface area contributed by atoms with Crippen molar-refractivity contribution in [2.24, 2.45) is 11.8 Å². The average Bonchev–Trinajstić information content (AvgIpc) is 3.35. The summed E-state index contributed by atoms with van der Waals surface area (Å²) in [6, 6.07) is 8.80. The van der Waals surface area contributed by atoms with Crippen molar-refractivity contribution in [1.29, 1.82) is 5.26 Å². The van der Waals surface area contributed by atoms with Crippen LogP contribution in [-0.2, 0) is 28.4 Å². The third kappa shape index (κ3) is 8.28. The first-order valence-electron chi connectivity index (χ1n) is 16.2. The van der Waals surface area contributed by atoms with E-state index in [-0.39, 0.29) is 30.9 Å². The summed E-state index contributed by atoms with van der Waals surface area (Å²) in [6.07, 6.45) is -7.67. The molecule has 1 aromatic heterocycles. The summed E-state index contributed by atoms with van der Waals surface area (Å²) in [5.41, 5.74) is -1.66. The van der Waals surface area contributed by atoms with Gasteiger partial charge in [-0.1, -0.05) is 12.1 Å². The van der Waals surface area contributed by atoms with Crippen LogP contribution in [-0.4, -0.2) is 51.2 Å². The van der Waals surface area contributed by atoms with Crippen molar-refractivity contribution in [3.05, 3.63) is 76.6 Å². The highest BCUT2D eigenvalue weighted by atomic mass is 19.4. The molecule has 15 heteroatoms. The Bertz CT molecular complexity index is 1720. The summed E-state index contributed by atoms with van der Waals surface area (Å²) in [6.45, 7) is 4.26. The van der Waals surface area contributed by atoms with E-state index in [2.05, 4.69) is 0 Å². The summed E-state index contributed by atoms with van der Waals surface area (Å²) in [5.74, 6) is -0.0340. The fourth-order valence-electron chi connectivity index (χ4n) is 6.65. The molecule has 0 radical (unpaired) electrons. The molecule has 1 N–H and O–H groups in total. The predicted molar refractivity (Wildman–Crippen MR) is 168 cm³/mol. The van der Waals surface area contributed by atoms with Crippen LogP contribution < -0.4 is 4.90 Å². The van der Waals surface area contributed by atoms with Crippen molar-refractivity contribution < 1.29 is 45.8 Å². The van der Waals surface area contributed by atoms with Crippen LogP contribution in [0.1, 0.15) is 80.0 Å². The Morgan fingerprint density at radius 2 is 1.62 bits per heavy atom. The highest BCUT2D eigenvalue weighted by Crippen LogP contribution is 2.41. The van der Waals surface area contributed by atoms with Crippen LogP contribution in [0.25, 0.3) is 11.3 Å². The number of nitriles is 1. The van der Waals surface area contributed by atoms with E-state index in [1.165, 1.54) is 11.8 Å². The van der Waals surface area contributed by atoms with Gasteiger partial charge in [0.2, 0.25) is 0 Å². The third-order valence-corrected chi connectivity index (χ3v) is 9.37. The fourth-order valence-corrected chi connectivity index (χ4v) is 6.65. The molecule has 266 valence electrons. The Morgan fingerprint density at radius 1 is 1.02 bits per heavy atom. The lowest BCUT2D eigenvalue weighted by molar-refractivity contribution is -0.143. The predicted octanol–water partition coefficient (Wildman–Crippen LogP) is 8.24. The molecule has 2 aliphatic rings. The largest absolute Gasteiger partial charge is 0.481 e. The van der Waals surface area contributed by atoms with E-state index in [0.717, 1.165) is 25.7 Å². The number of aliphatic carboxylic acids is 1. The van der Waals surface area contributed by atoms with Crippen molar-refractivity contribution in [2.75, 3.05) is 18.0 Å². The third-order valence-electron chi connectivity index (χ3n) is 9.37. The van der Waals surface area contributed by atoms with Gasteiger partial charge >= 0.3 is 24.4 Å². The maximum Gasteiger partial charge on any atom is 0.416 e. The molecule has 3 aromatic rings. The maximum atomic E-state index is 13.6. The van der Waals surface area contributed by atoms with E-state index < -0.39 is 53.3 Å². The summed E-state index contributed by atoms with van der Waals surface area (Å²) in [5, 5.41) is 18.4. The van der Waals surface area contributed by atoms with Gasteiger partial charge in [0.25, 0.3) is 0 Å². The van der Waals surface area contributed by atoms with Crippen LogP contribution in [0, 0.1) is 23.2 Å². The monoisotopic (exact) mass is 703 g/mol. The Kier molecular flexibility index (Phi) is 10.6. The van der Waals surface area contributed by atoms with Gasteiger partial charge in [0.15, 0.2) is 5.82 Å². The number of nitrogens with zero attached hydrogens (tertiary/aromatic N) is 5. The number of aromatic nitrogens is 2. The first-order valence-corrected chi connectivity index (χ1v) is 16.2. The van der Waals surface area contributed by atoms with Crippen molar-refractivity contribution >= 4 is 17.9 Å². The number of benzene rings is 2. The number of rotatable bonds is 10. The van der Waals surface area contributed by atoms with Gasteiger partial charge in [0, 0.05) is 25.1 Å². The fraction of sp³-hybridized carbons (Fsp3) is 0.457. The molecule has 1 saturated carbocycles. The van der Waals surface area contributed by atoms with Crippen molar-refractivity contribution in [2.45, 2.75) is 77.0 Å². The van der Waals surface area contributed by atoms with Gasteiger partial charge in [-0.3, -0.25) is 9.69 Å². The van der Waals surface area contributed by atoms with Gasteiger partial charge in [0.05, 0.1) is 47.2 Å². The van der Waals surface area contributed by atoms with Gasteiger partial charge in [0.1, 0.15) is 11.8 Å². The van der Waals surface area contributed by atoms with Gasteiger partial charge in [-0.15, -0.1) is 0 Å². The summed E-state index contributed by atoms with van der Waals surface area (Å²) in [7, 11) is 0. The summed E-state index contributed by atoms with van der Waals surface area (Å²) < 4.78 is 87.2. The van der Waals surface area contributed by atoms with Gasteiger partial charge < -0.3 is 14.7 Å². The number of hydrogen-bond donors (Lipinski definition) is 1. The molecule has 50 heavy (non-hydrogen) atoms. The second-order valence-corrected chi connectivity index (χ2v) is 12.8. The molecule has 2 unspecified atom stereocenters. The highest BCUT2D eigenvalue weighted by Gasteiger charge is 2.44. The van der Waals surface area contributed by atoms with Gasteiger partial charge in [-0.05, 0) is 87.3 Å². The number of carbonyl (C=O) groups is 2. The quantitative estimate of drug-likeness (QED) is 0.210. The lowest BCUT2D eigenvalue weighted by Gasteiger charge is -2.33. The number of halogens is 6. The van der Waals surface area contributed by atoms with Crippen LogP contribution in [0.15, 0.2) is 48.7 Å². The molecule has 0 bridgehead atoms. The molecule has 1 saturated heterocycles. The van der Waals surface area contributed by atoms with Gasteiger partial charge in [-0.2, -0.15) is 31.6 Å². The zero-order valence-electron chi connectivity index (χ0n) is 27.3. The van der Waals surface area contributed by atoms with E-state index in [1.54, 1.807) is 30.5 Å².